The van der Waals surface area contributed by atoms with E-state index in [2.05, 4.69) is 235 Å². The van der Waals surface area contributed by atoms with Crippen molar-refractivity contribution in [2.75, 3.05) is 0 Å². The van der Waals surface area contributed by atoms with Crippen LogP contribution in [0.15, 0.2) is 231 Å². The number of nitrogens with zero attached hydrogens (tertiary/aromatic N) is 2. The average molecular weight is 807 g/mol. The van der Waals surface area contributed by atoms with E-state index >= 15 is 0 Å². The predicted molar refractivity (Wildman–Crippen MR) is 264 cm³/mol. The molecule has 0 N–H and O–H groups in total. The van der Waals surface area contributed by atoms with Crippen LogP contribution in [0.25, 0.3) is 115 Å². The molecule has 62 heavy (non-hydrogen) atoms. The summed E-state index contributed by atoms with van der Waals surface area (Å²) in [6.45, 7) is 0. The van der Waals surface area contributed by atoms with Crippen molar-refractivity contribution in [3.05, 3.63) is 231 Å². The molecule has 0 saturated heterocycles. The highest BCUT2D eigenvalue weighted by atomic mass is 32.1. The SMILES string of the molecule is c1ccc(-c2ccc(-c3cc(-c4ccc(-c5ccccc5)cc4)nc(-n4c5ccccc5c5cc(-c6cccc(-c7ccc8sc9ccccc9c8c7)c6)ccc54)c3)cc2)cc1. The fraction of sp³-hybridized carbons (Fsp3) is 0. The zero-order valence-corrected chi connectivity index (χ0v) is 34.6. The third-order valence-electron chi connectivity index (χ3n) is 12.2. The quantitative estimate of drug-likeness (QED) is 0.157. The topological polar surface area (TPSA) is 17.8 Å². The molecule has 0 saturated carbocycles. The van der Waals surface area contributed by atoms with Crippen LogP contribution >= 0.6 is 11.3 Å². The van der Waals surface area contributed by atoms with E-state index in [1.807, 2.05) is 11.3 Å². The molecule has 0 radical (unpaired) electrons. The number of pyridine rings is 1. The molecule has 0 atom stereocenters. The second-order valence-corrected chi connectivity index (χ2v) is 17.0. The largest absolute Gasteiger partial charge is 0.294 e. The van der Waals surface area contributed by atoms with Gasteiger partial charge in [0, 0.05) is 36.5 Å². The number of benzene rings is 9. The molecule has 290 valence electrons. The molecule has 12 aromatic rings. The first kappa shape index (κ1) is 36.0. The van der Waals surface area contributed by atoms with Crippen LogP contribution in [0.4, 0.5) is 0 Å². The number of hydrogen-bond donors (Lipinski definition) is 0. The lowest BCUT2D eigenvalue weighted by Gasteiger charge is -2.14. The maximum absolute atomic E-state index is 5.47. The minimum absolute atomic E-state index is 0.883. The highest BCUT2D eigenvalue weighted by molar-refractivity contribution is 7.25. The Morgan fingerprint density at radius 2 is 0.742 bits per heavy atom. The molecule has 0 aliphatic heterocycles. The number of para-hydroxylation sites is 1. The van der Waals surface area contributed by atoms with Crippen LogP contribution in [0.2, 0.25) is 0 Å². The smallest absolute Gasteiger partial charge is 0.138 e. The number of hydrogen-bond acceptors (Lipinski definition) is 2. The number of fused-ring (bicyclic) bond motifs is 6. The Bertz CT molecular complexity index is 3500. The Balaban J connectivity index is 0.980. The molecule has 0 bridgehead atoms. The molecule has 0 spiro atoms. The number of rotatable bonds is 7. The standard InChI is InChI=1S/C59H38N2S/c1-3-12-39(13-4-1)41-22-24-43(25-23-41)49-37-54(44-28-26-42(27-29-44)40-14-5-2-6-15-40)60-59(38-49)61-55-20-9-7-18-50(55)52-35-47(30-32-56(52)61)45-16-11-17-46(34-45)48-31-33-58-53(36-48)51-19-8-10-21-57(51)62-58/h1-38H. The van der Waals surface area contributed by atoms with E-state index in [-0.39, 0.29) is 0 Å². The Hall–Kier alpha value is -7.85. The summed E-state index contributed by atoms with van der Waals surface area (Å²) < 4.78 is 4.99. The summed E-state index contributed by atoms with van der Waals surface area (Å²) in [7, 11) is 0. The second kappa shape index (κ2) is 15.0. The molecule has 12 rings (SSSR count). The van der Waals surface area contributed by atoms with Crippen LogP contribution in [-0.2, 0) is 0 Å². The van der Waals surface area contributed by atoms with Gasteiger partial charge in [-0.25, -0.2) is 4.98 Å². The van der Waals surface area contributed by atoms with E-state index in [0.29, 0.717) is 0 Å². The molecule has 0 fully saturated rings. The lowest BCUT2D eigenvalue weighted by molar-refractivity contribution is 1.08. The molecule has 0 aliphatic carbocycles. The van der Waals surface area contributed by atoms with Crippen molar-refractivity contribution in [1.29, 1.82) is 0 Å². The van der Waals surface area contributed by atoms with Gasteiger partial charge in [0.1, 0.15) is 5.82 Å². The highest BCUT2D eigenvalue weighted by Crippen LogP contribution is 2.40. The van der Waals surface area contributed by atoms with Crippen molar-refractivity contribution in [2.45, 2.75) is 0 Å². The first-order valence-corrected chi connectivity index (χ1v) is 21.9. The summed E-state index contributed by atoms with van der Waals surface area (Å²) in [5, 5.41) is 5.03. The number of aromatic nitrogens is 2. The summed E-state index contributed by atoms with van der Waals surface area (Å²) in [6.07, 6.45) is 0. The van der Waals surface area contributed by atoms with Gasteiger partial charge in [-0.15, -0.1) is 11.3 Å². The van der Waals surface area contributed by atoms with E-state index < -0.39 is 0 Å². The normalized spacial score (nSPS) is 11.5. The van der Waals surface area contributed by atoms with Crippen LogP contribution in [-0.4, -0.2) is 9.55 Å². The van der Waals surface area contributed by atoms with Crippen LogP contribution < -0.4 is 0 Å². The number of thiophene rings is 1. The molecule has 0 aliphatic rings. The van der Waals surface area contributed by atoms with Gasteiger partial charge in [-0.1, -0.05) is 176 Å². The fourth-order valence-corrected chi connectivity index (χ4v) is 10.2. The van der Waals surface area contributed by atoms with Gasteiger partial charge in [0.05, 0.1) is 16.7 Å². The van der Waals surface area contributed by atoms with Gasteiger partial charge >= 0.3 is 0 Å². The molecule has 2 nitrogen and oxygen atoms in total. The van der Waals surface area contributed by atoms with Gasteiger partial charge in [0.15, 0.2) is 0 Å². The molecule has 0 unspecified atom stereocenters. The molecule has 9 aromatic carbocycles. The van der Waals surface area contributed by atoms with Gasteiger partial charge < -0.3 is 0 Å². The summed E-state index contributed by atoms with van der Waals surface area (Å²) >= 11 is 1.86. The Kier molecular flexibility index (Phi) is 8.72. The van der Waals surface area contributed by atoms with Crippen molar-refractivity contribution < 1.29 is 0 Å². The van der Waals surface area contributed by atoms with Gasteiger partial charge in [0.25, 0.3) is 0 Å². The van der Waals surface area contributed by atoms with Crippen molar-refractivity contribution in [1.82, 2.24) is 9.55 Å². The van der Waals surface area contributed by atoms with Crippen molar-refractivity contribution in [3.63, 3.8) is 0 Å². The monoisotopic (exact) mass is 806 g/mol. The van der Waals surface area contributed by atoms with Crippen LogP contribution in [0.3, 0.4) is 0 Å². The van der Waals surface area contributed by atoms with Gasteiger partial charge in [-0.3, -0.25) is 4.57 Å². The molecule has 0 amide bonds. The molecular formula is C59H38N2S. The minimum atomic E-state index is 0.883. The molecule has 3 aromatic heterocycles. The maximum Gasteiger partial charge on any atom is 0.138 e. The van der Waals surface area contributed by atoms with E-state index in [1.165, 1.54) is 75.5 Å². The summed E-state index contributed by atoms with van der Waals surface area (Å²) in [5.74, 6) is 0.883. The zero-order valence-electron chi connectivity index (χ0n) is 33.7. The molecule has 3 heteroatoms. The second-order valence-electron chi connectivity index (χ2n) is 16.0. The highest BCUT2D eigenvalue weighted by Gasteiger charge is 2.17. The minimum Gasteiger partial charge on any atom is -0.294 e. The lowest BCUT2D eigenvalue weighted by Crippen LogP contribution is -2.00. The zero-order chi connectivity index (χ0) is 41.0. The van der Waals surface area contributed by atoms with Crippen molar-refractivity contribution in [2.24, 2.45) is 0 Å². The third-order valence-corrected chi connectivity index (χ3v) is 13.4. The summed E-state index contributed by atoms with van der Waals surface area (Å²) in [5.41, 5.74) is 16.1. The van der Waals surface area contributed by atoms with Gasteiger partial charge in [-0.2, -0.15) is 0 Å². The van der Waals surface area contributed by atoms with Crippen LogP contribution in [0, 0.1) is 0 Å². The van der Waals surface area contributed by atoms with E-state index in [4.69, 9.17) is 4.98 Å². The van der Waals surface area contributed by atoms with Gasteiger partial charge in [0.2, 0.25) is 0 Å². The fourth-order valence-electron chi connectivity index (χ4n) is 9.08. The molecule has 3 heterocycles. The summed E-state index contributed by atoms with van der Waals surface area (Å²) in [4.78, 5) is 5.47. The van der Waals surface area contributed by atoms with Crippen LogP contribution in [0.5, 0.6) is 0 Å². The van der Waals surface area contributed by atoms with E-state index in [9.17, 15) is 0 Å². The van der Waals surface area contributed by atoms with E-state index in [0.717, 1.165) is 39.2 Å². The van der Waals surface area contributed by atoms with Crippen molar-refractivity contribution in [3.8, 4) is 72.7 Å². The Labute approximate surface area is 364 Å². The third kappa shape index (κ3) is 6.39. The predicted octanol–water partition coefficient (Wildman–Crippen LogP) is 16.5. The first-order chi connectivity index (χ1) is 30.7. The first-order valence-electron chi connectivity index (χ1n) is 21.1. The average Bonchev–Trinajstić information content (AvgIpc) is 3.90. The van der Waals surface area contributed by atoms with Crippen LogP contribution in [0.1, 0.15) is 0 Å². The Morgan fingerprint density at radius 1 is 0.274 bits per heavy atom. The Morgan fingerprint density at radius 3 is 1.44 bits per heavy atom. The van der Waals surface area contributed by atoms with E-state index in [1.54, 1.807) is 0 Å². The maximum atomic E-state index is 5.47. The van der Waals surface area contributed by atoms with Crippen molar-refractivity contribution >= 4 is 53.3 Å². The summed E-state index contributed by atoms with van der Waals surface area (Å²) in [6, 6.07) is 83.5. The lowest BCUT2D eigenvalue weighted by atomic mass is 9.97. The molecular weight excluding hydrogens is 769 g/mol. The van der Waals surface area contributed by atoms with Gasteiger partial charge in [-0.05, 0) is 110 Å².